The van der Waals surface area contributed by atoms with Crippen molar-refractivity contribution < 1.29 is 0 Å². The largest absolute Gasteiger partial charge is 0.277 e. The highest BCUT2D eigenvalue weighted by Gasteiger charge is 2.21. The summed E-state index contributed by atoms with van der Waals surface area (Å²) >= 11 is 0. The van der Waals surface area contributed by atoms with Gasteiger partial charge in [-0.3, -0.25) is 13.7 Å². The quantitative estimate of drug-likeness (QED) is 0.174. The van der Waals surface area contributed by atoms with E-state index < -0.39 is 0 Å². The average molecular weight is 674 g/mol. The van der Waals surface area contributed by atoms with E-state index in [2.05, 4.69) is 90.6 Å². The molecule has 6 aromatic heterocycles. The fraction of sp³-hybridized carbons (Fsp3) is 0.0244. The summed E-state index contributed by atoms with van der Waals surface area (Å²) in [5.74, 6) is 2.24. The Labute approximate surface area is 296 Å². The predicted molar refractivity (Wildman–Crippen MR) is 200 cm³/mol. The topological polar surface area (TPSA) is 118 Å². The third-order valence-corrected chi connectivity index (χ3v) is 9.01. The van der Waals surface area contributed by atoms with Gasteiger partial charge in [0, 0.05) is 64.7 Å². The molecule has 52 heavy (non-hydrogen) atoms. The third kappa shape index (κ3) is 4.83. The SMILES string of the molecule is Cc1cc(-c2nc3nccnc3n2-c2ccccc2)cc(-c2nc3nccnc3n2-c2ccc(-c3nc4cccnc4n3-c3ccccc3)cc2)c1. The van der Waals surface area contributed by atoms with E-state index in [1.807, 2.05) is 65.2 Å². The number of imidazole rings is 3. The number of hydrogen-bond donors (Lipinski definition) is 0. The molecule has 0 aliphatic rings. The summed E-state index contributed by atoms with van der Waals surface area (Å²) in [6.45, 7) is 2.07. The molecule has 11 nitrogen and oxygen atoms in total. The summed E-state index contributed by atoms with van der Waals surface area (Å²) in [6, 6.07) is 38.8. The Morgan fingerprint density at radius 2 is 0.865 bits per heavy atom. The summed E-state index contributed by atoms with van der Waals surface area (Å²) in [5.41, 5.74) is 10.7. The number of aryl methyl sites for hydroxylation is 1. The maximum absolute atomic E-state index is 5.03. The summed E-state index contributed by atoms with van der Waals surface area (Å²) in [6.07, 6.45) is 8.51. The van der Waals surface area contributed by atoms with Crippen LogP contribution in [0.1, 0.15) is 5.56 Å². The van der Waals surface area contributed by atoms with Gasteiger partial charge in [0.2, 0.25) is 0 Å². The van der Waals surface area contributed by atoms with Crippen LogP contribution < -0.4 is 0 Å². The first-order chi connectivity index (χ1) is 25.7. The van der Waals surface area contributed by atoms with Gasteiger partial charge in [0.25, 0.3) is 0 Å². The molecule has 0 unspecified atom stereocenters. The number of hydrogen-bond acceptors (Lipinski definition) is 8. The molecule has 0 atom stereocenters. The second kappa shape index (κ2) is 11.9. The Morgan fingerprint density at radius 3 is 1.44 bits per heavy atom. The highest BCUT2D eigenvalue weighted by molar-refractivity contribution is 5.83. The normalized spacial score (nSPS) is 11.6. The Hall–Kier alpha value is -7.40. The molecule has 0 amide bonds. The van der Waals surface area contributed by atoms with Gasteiger partial charge in [0.05, 0.1) is 0 Å². The van der Waals surface area contributed by atoms with Gasteiger partial charge in [-0.2, -0.15) is 0 Å². The van der Waals surface area contributed by atoms with Crippen molar-refractivity contribution in [3.8, 4) is 51.2 Å². The molecule has 0 spiro atoms. The maximum Gasteiger partial charge on any atom is 0.198 e. The van der Waals surface area contributed by atoms with Crippen molar-refractivity contribution in [2.45, 2.75) is 6.92 Å². The van der Waals surface area contributed by atoms with Crippen LogP contribution >= 0.6 is 0 Å². The summed E-state index contributed by atoms with van der Waals surface area (Å²) in [5, 5.41) is 0. The number of nitrogens with zero attached hydrogens (tertiary/aromatic N) is 11. The molecule has 0 saturated carbocycles. The molecule has 10 rings (SSSR count). The highest BCUT2D eigenvalue weighted by atomic mass is 15.2. The third-order valence-electron chi connectivity index (χ3n) is 9.01. The molecule has 0 bridgehead atoms. The number of para-hydroxylation sites is 2. The fourth-order valence-corrected chi connectivity index (χ4v) is 6.80. The van der Waals surface area contributed by atoms with Gasteiger partial charge >= 0.3 is 0 Å². The number of aromatic nitrogens is 11. The van der Waals surface area contributed by atoms with Crippen LogP contribution in [0.3, 0.4) is 0 Å². The van der Waals surface area contributed by atoms with Crippen LogP contribution in [0.15, 0.2) is 146 Å². The lowest BCUT2D eigenvalue weighted by Gasteiger charge is -2.13. The molecule has 0 aliphatic heterocycles. The molecule has 246 valence electrons. The lowest BCUT2D eigenvalue weighted by Crippen LogP contribution is -2.02. The Balaban J connectivity index is 1.13. The van der Waals surface area contributed by atoms with Crippen molar-refractivity contribution in [2.75, 3.05) is 0 Å². The smallest absolute Gasteiger partial charge is 0.198 e. The van der Waals surface area contributed by atoms with E-state index in [-0.39, 0.29) is 0 Å². The monoisotopic (exact) mass is 673 g/mol. The maximum atomic E-state index is 5.03. The summed E-state index contributed by atoms with van der Waals surface area (Å²) < 4.78 is 6.19. The van der Waals surface area contributed by atoms with Crippen LogP contribution in [-0.4, -0.2) is 53.6 Å². The van der Waals surface area contributed by atoms with Gasteiger partial charge in [-0.05, 0) is 91.3 Å². The molecule has 11 heteroatoms. The van der Waals surface area contributed by atoms with Crippen molar-refractivity contribution in [2.24, 2.45) is 0 Å². The fourth-order valence-electron chi connectivity index (χ4n) is 6.80. The van der Waals surface area contributed by atoms with E-state index >= 15 is 0 Å². The average Bonchev–Trinajstić information content (AvgIpc) is 3.90. The molecular weight excluding hydrogens is 647 g/mol. The van der Waals surface area contributed by atoms with Crippen molar-refractivity contribution in [3.63, 3.8) is 0 Å². The first-order valence-electron chi connectivity index (χ1n) is 16.8. The van der Waals surface area contributed by atoms with E-state index in [1.165, 1.54) is 0 Å². The van der Waals surface area contributed by atoms with Gasteiger partial charge in [0.15, 0.2) is 28.2 Å². The van der Waals surface area contributed by atoms with E-state index in [0.717, 1.165) is 62.1 Å². The lowest BCUT2D eigenvalue weighted by atomic mass is 10.0. The Kier molecular flexibility index (Phi) is 6.74. The minimum Gasteiger partial charge on any atom is -0.277 e. The van der Waals surface area contributed by atoms with Gasteiger partial charge in [0.1, 0.15) is 23.0 Å². The second-order valence-electron chi connectivity index (χ2n) is 12.4. The molecule has 0 N–H and O–H groups in total. The lowest BCUT2D eigenvalue weighted by molar-refractivity contribution is 1.06. The molecule has 0 saturated heterocycles. The zero-order valence-electron chi connectivity index (χ0n) is 27.8. The van der Waals surface area contributed by atoms with Gasteiger partial charge in [-0.25, -0.2) is 39.9 Å². The van der Waals surface area contributed by atoms with Crippen LogP contribution in [0.5, 0.6) is 0 Å². The van der Waals surface area contributed by atoms with Crippen LogP contribution in [0.4, 0.5) is 0 Å². The molecule has 4 aromatic carbocycles. The van der Waals surface area contributed by atoms with Crippen LogP contribution in [0, 0.1) is 6.92 Å². The van der Waals surface area contributed by atoms with Gasteiger partial charge in [-0.15, -0.1) is 0 Å². The molecule has 0 fully saturated rings. The van der Waals surface area contributed by atoms with Crippen molar-refractivity contribution in [1.29, 1.82) is 0 Å². The zero-order valence-corrected chi connectivity index (χ0v) is 27.8. The van der Waals surface area contributed by atoms with Crippen LogP contribution in [0.2, 0.25) is 0 Å². The molecular formula is C41H27N11. The minimum absolute atomic E-state index is 0.548. The van der Waals surface area contributed by atoms with Crippen LogP contribution in [-0.2, 0) is 0 Å². The van der Waals surface area contributed by atoms with Crippen molar-refractivity contribution in [3.05, 3.63) is 152 Å². The summed E-state index contributed by atoms with van der Waals surface area (Å²) in [7, 11) is 0. The molecule has 0 aliphatic carbocycles. The molecule has 10 aromatic rings. The van der Waals surface area contributed by atoms with E-state index in [1.54, 1.807) is 31.0 Å². The Bertz CT molecular complexity index is 2910. The number of benzene rings is 4. The van der Waals surface area contributed by atoms with E-state index in [9.17, 15) is 0 Å². The van der Waals surface area contributed by atoms with Crippen LogP contribution in [0.25, 0.3) is 85.0 Å². The standard InChI is InChI=1S/C41H27N11/c1-26-23-28(37-48-34-40(45-21-19-42-34)51(37)31-11-6-3-7-12-31)25-29(24-26)38-49-35-41(46-22-20-43-35)52(38)32-16-14-27(15-17-32)36-47-33-13-8-18-44-39(33)50(36)30-9-4-2-5-10-30/h2-25H,1H3. The van der Waals surface area contributed by atoms with Crippen molar-refractivity contribution >= 4 is 33.8 Å². The van der Waals surface area contributed by atoms with E-state index in [0.29, 0.717) is 28.4 Å². The highest BCUT2D eigenvalue weighted by Crippen LogP contribution is 2.34. The molecule has 0 radical (unpaired) electrons. The predicted octanol–water partition coefficient (Wildman–Crippen LogP) is 7.99. The van der Waals surface area contributed by atoms with E-state index in [4.69, 9.17) is 19.9 Å². The first kappa shape index (κ1) is 29.5. The zero-order chi connectivity index (χ0) is 34.6. The number of fused-ring (bicyclic) bond motifs is 3. The number of pyridine rings is 1. The Morgan fingerprint density at radius 1 is 0.385 bits per heavy atom. The summed E-state index contributed by atoms with van der Waals surface area (Å²) in [4.78, 5) is 38.2. The molecule has 6 heterocycles. The first-order valence-corrected chi connectivity index (χ1v) is 16.8. The van der Waals surface area contributed by atoms with Crippen molar-refractivity contribution in [1.82, 2.24) is 53.6 Å². The second-order valence-corrected chi connectivity index (χ2v) is 12.4. The number of rotatable bonds is 6. The minimum atomic E-state index is 0.548. The van der Waals surface area contributed by atoms with Gasteiger partial charge in [-0.1, -0.05) is 36.4 Å². The van der Waals surface area contributed by atoms with Gasteiger partial charge < -0.3 is 0 Å².